The molecule has 1 aromatic heterocycles. The molecule has 1 fully saturated rings. The summed E-state index contributed by atoms with van der Waals surface area (Å²) in [7, 11) is 0. The highest BCUT2D eigenvalue weighted by Gasteiger charge is 2.20. The molecule has 1 aliphatic heterocycles. The maximum atomic E-state index is 12.9. The maximum Gasteiger partial charge on any atom is 0.255 e. The Kier molecular flexibility index (Phi) is 5.08. The number of aryl methyl sites for hydroxylation is 2. The molecule has 0 atom stereocenters. The number of para-hydroxylation sites is 1. The van der Waals surface area contributed by atoms with Crippen LogP contribution in [0, 0.1) is 13.8 Å². The summed E-state index contributed by atoms with van der Waals surface area (Å²) in [6, 6.07) is 9.53. The summed E-state index contributed by atoms with van der Waals surface area (Å²) in [5.41, 5.74) is 3.25. The van der Waals surface area contributed by atoms with E-state index in [2.05, 4.69) is 15.3 Å². The number of carbonyl (C=O) groups excluding carboxylic acids is 1. The molecular formula is C19H24N4O. The Morgan fingerprint density at radius 1 is 1.00 bits per heavy atom. The van der Waals surface area contributed by atoms with Crippen LogP contribution in [0.2, 0.25) is 0 Å². The Balaban J connectivity index is 1.85. The first-order valence-corrected chi connectivity index (χ1v) is 8.61. The second-order valence-electron chi connectivity index (χ2n) is 6.35. The number of aromatic nitrogens is 2. The first-order chi connectivity index (χ1) is 11.6. The minimum atomic E-state index is 0.0874. The summed E-state index contributed by atoms with van der Waals surface area (Å²) in [4.78, 5) is 23.7. The SMILES string of the molecule is Cc1cc(C)nc(Nc2ccccc2C(=O)N2CCCCCC2)n1. The van der Waals surface area contributed by atoms with Crippen LogP contribution in [-0.4, -0.2) is 33.9 Å². The van der Waals surface area contributed by atoms with Crippen molar-refractivity contribution in [1.82, 2.24) is 14.9 Å². The molecular weight excluding hydrogens is 300 g/mol. The fourth-order valence-electron chi connectivity index (χ4n) is 3.13. The van der Waals surface area contributed by atoms with Gasteiger partial charge < -0.3 is 10.2 Å². The van der Waals surface area contributed by atoms with Crippen molar-refractivity contribution in [2.75, 3.05) is 18.4 Å². The van der Waals surface area contributed by atoms with Crippen molar-refractivity contribution in [1.29, 1.82) is 0 Å². The van der Waals surface area contributed by atoms with E-state index in [1.54, 1.807) is 0 Å². The van der Waals surface area contributed by atoms with Crippen molar-refractivity contribution in [2.24, 2.45) is 0 Å². The third-order valence-electron chi connectivity index (χ3n) is 4.28. The Labute approximate surface area is 143 Å². The number of hydrogen-bond donors (Lipinski definition) is 1. The van der Waals surface area contributed by atoms with Crippen LogP contribution >= 0.6 is 0 Å². The molecule has 3 rings (SSSR count). The number of nitrogens with zero attached hydrogens (tertiary/aromatic N) is 3. The van der Waals surface area contributed by atoms with Crippen molar-refractivity contribution in [3.05, 3.63) is 47.3 Å². The highest BCUT2D eigenvalue weighted by atomic mass is 16.2. The summed E-state index contributed by atoms with van der Waals surface area (Å²) >= 11 is 0. The molecule has 2 heterocycles. The second-order valence-corrected chi connectivity index (χ2v) is 6.35. The topological polar surface area (TPSA) is 58.1 Å². The average molecular weight is 324 g/mol. The fraction of sp³-hybridized carbons (Fsp3) is 0.421. The van der Waals surface area contributed by atoms with Gasteiger partial charge in [-0.2, -0.15) is 0 Å². The molecule has 0 radical (unpaired) electrons. The maximum absolute atomic E-state index is 12.9. The largest absolute Gasteiger partial charge is 0.339 e. The minimum absolute atomic E-state index is 0.0874. The summed E-state index contributed by atoms with van der Waals surface area (Å²) in [5.74, 6) is 0.619. The van der Waals surface area contributed by atoms with Crippen molar-refractivity contribution in [3.63, 3.8) is 0 Å². The van der Waals surface area contributed by atoms with E-state index < -0.39 is 0 Å². The smallest absolute Gasteiger partial charge is 0.255 e. The third kappa shape index (κ3) is 3.91. The molecule has 24 heavy (non-hydrogen) atoms. The molecule has 5 heteroatoms. The molecule has 126 valence electrons. The molecule has 1 amide bonds. The van der Waals surface area contributed by atoms with Crippen LogP contribution in [0.4, 0.5) is 11.6 Å². The lowest BCUT2D eigenvalue weighted by Gasteiger charge is -2.22. The number of likely N-dealkylation sites (tertiary alicyclic amines) is 1. The van der Waals surface area contributed by atoms with E-state index in [0.717, 1.165) is 43.0 Å². The van der Waals surface area contributed by atoms with Crippen LogP contribution in [-0.2, 0) is 0 Å². The van der Waals surface area contributed by atoms with E-state index in [4.69, 9.17) is 0 Å². The molecule has 1 aliphatic rings. The van der Waals surface area contributed by atoms with Crippen molar-refractivity contribution >= 4 is 17.5 Å². The highest BCUT2D eigenvalue weighted by molar-refractivity contribution is 6.00. The molecule has 0 spiro atoms. The molecule has 1 saturated heterocycles. The molecule has 5 nitrogen and oxygen atoms in total. The van der Waals surface area contributed by atoms with Crippen LogP contribution in [0.3, 0.4) is 0 Å². The van der Waals surface area contributed by atoms with Gasteiger partial charge in [-0.1, -0.05) is 25.0 Å². The van der Waals surface area contributed by atoms with Gasteiger partial charge in [0.15, 0.2) is 0 Å². The van der Waals surface area contributed by atoms with Gasteiger partial charge >= 0.3 is 0 Å². The van der Waals surface area contributed by atoms with Gasteiger partial charge in [0.25, 0.3) is 5.91 Å². The quantitative estimate of drug-likeness (QED) is 0.931. The average Bonchev–Trinajstić information content (AvgIpc) is 2.83. The van der Waals surface area contributed by atoms with Crippen molar-refractivity contribution in [3.8, 4) is 0 Å². The van der Waals surface area contributed by atoms with E-state index in [9.17, 15) is 4.79 Å². The predicted molar refractivity (Wildman–Crippen MR) is 95.6 cm³/mol. The Hall–Kier alpha value is -2.43. The van der Waals surface area contributed by atoms with Gasteiger partial charge in [0.2, 0.25) is 5.95 Å². The van der Waals surface area contributed by atoms with Crippen LogP contribution in [0.1, 0.15) is 47.4 Å². The second kappa shape index (κ2) is 7.43. The molecule has 0 bridgehead atoms. The number of hydrogen-bond acceptors (Lipinski definition) is 4. The van der Waals surface area contributed by atoms with Crippen LogP contribution in [0.15, 0.2) is 30.3 Å². The zero-order valence-corrected chi connectivity index (χ0v) is 14.4. The molecule has 1 N–H and O–H groups in total. The summed E-state index contributed by atoms with van der Waals surface area (Å²) in [5, 5.41) is 3.22. The molecule has 0 aliphatic carbocycles. The van der Waals surface area contributed by atoms with Gasteiger partial charge in [-0.05, 0) is 44.9 Å². The van der Waals surface area contributed by atoms with E-state index in [1.807, 2.05) is 49.1 Å². The predicted octanol–water partition coefficient (Wildman–Crippen LogP) is 3.85. The van der Waals surface area contributed by atoms with Gasteiger partial charge in [0.05, 0.1) is 11.3 Å². The lowest BCUT2D eigenvalue weighted by Crippen LogP contribution is -2.32. The number of nitrogens with one attached hydrogen (secondary N) is 1. The Morgan fingerprint density at radius 3 is 2.29 bits per heavy atom. The van der Waals surface area contributed by atoms with E-state index in [-0.39, 0.29) is 5.91 Å². The van der Waals surface area contributed by atoms with E-state index in [0.29, 0.717) is 11.5 Å². The number of benzene rings is 1. The molecule has 0 unspecified atom stereocenters. The fourth-order valence-corrected chi connectivity index (χ4v) is 3.13. The summed E-state index contributed by atoms with van der Waals surface area (Å²) < 4.78 is 0. The van der Waals surface area contributed by atoms with Gasteiger partial charge in [-0.15, -0.1) is 0 Å². The zero-order chi connectivity index (χ0) is 16.9. The van der Waals surface area contributed by atoms with Gasteiger partial charge in [-0.3, -0.25) is 4.79 Å². The van der Waals surface area contributed by atoms with Crippen molar-refractivity contribution < 1.29 is 4.79 Å². The normalized spacial score (nSPS) is 15.0. The molecule has 1 aromatic carbocycles. The minimum Gasteiger partial charge on any atom is -0.339 e. The van der Waals surface area contributed by atoms with Crippen LogP contribution < -0.4 is 5.32 Å². The highest BCUT2D eigenvalue weighted by Crippen LogP contribution is 2.22. The summed E-state index contributed by atoms with van der Waals surface area (Å²) in [6.45, 7) is 5.56. The van der Waals surface area contributed by atoms with Gasteiger partial charge in [0, 0.05) is 24.5 Å². The third-order valence-corrected chi connectivity index (χ3v) is 4.28. The van der Waals surface area contributed by atoms with Gasteiger partial charge in [-0.25, -0.2) is 9.97 Å². The Morgan fingerprint density at radius 2 is 1.62 bits per heavy atom. The lowest BCUT2D eigenvalue weighted by atomic mass is 10.1. The van der Waals surface area contributed by atoms with Crippen molar-refractivity contribution in [2.45, 2.75) is 39.5 Å². The lowest BCUT2D eigenvalue weighted by molar-refractivity contribution is 0.0762. The first kappa shape index (κ1) is 16.4. The number of rotatable bonds is 3. The monoisotopic (exact) mass is 324 g/mol. The number of anilines is 2. The van der Waals surface area contributed by atoms with Crippen LogP contribution in [0.5, 0.6) is 0 Å². The first-order valence-electron chi connectivity index (χ1n) is 8.61. The van der Waals surface area contributed by atoms with E-state index in [1.165, 1.54) is 12.8 Å². The molecule has 0 saturated carbocycles. The standard InChI is InChI=1S/C19H24N4O/c1-14-13-15(2)21-19(20-14)22-17-10-6-5-9-16(17)18(24)23-11-7-3-4-8-12-23/h5-6,9-10,13H,3-4,7-8,11-12H2,1-2H3,(H,20,21,22). The van der Waals surface area contributed by atoms with E-state index >= 15 is 0 Å². The Bertz CT molecular complexity index is 701. The van der Waals surface area contributed by atoms with Crippen LogP contribution in [0.25, 0.3) is 0 Å². The zero-order valence-electron chi connectivity index (χ0n) is 14.4. The molecule has 2 aromatic rings. The summed E-state index contributed by atoms with van der Waals surface area (Å²) in [6.07, 6.45) is 4.59. The van der Waals surface area contributed by atoms with Gasteiger partial charge in [0.1, 0.15) is 0 Å². The number of amides is 1. The number of carbonyl (C=O) groups is 1.